The summed E-state index contributed by atoms with van der Waals surface area (Å²) >= 11 is 0. The van der Waals surface area contributed by atoms with Crippen LogP contribution < -0.4 is 15.1 Å². The third-order valence-corrected chi connectivity index (χ3v) is 7.51. The molecule has 8 heteroatoms. The average Bonchev–Trinajstić information content (AvgIpc) is 3.31. The third-order valence-electron chi connectivity index (χ3n) is 7.51. The van der Waals surface area contributed by atoms with E-state index >= 15 is 0 Å². The van der Waals surface area contributed by atoms with E-state index in [2.05, 4.69) is 34.2 Å². The number of ketones is 1. The Hall–Kier alpha value is -4.43. The number of rotatable bonds is 9. The van der Waals surface area contributed by atoms with Gasteiger partial charge in [-0.15, -0.1) is 0 Å². The molecule has 1 aliphatic rings. The van der Waals surface area contributed by atoms with Crippen LogP contribution in [-0.4, -0.2) is 61.1 Å². The molecule has 1 aliphatic heterocycles. The van der Waals surface area contributed by atoms with E-state index in [1.807, 2.05) is 79.1 Å². The molecule has 0 saturated carbocycles. The summed E-state index contributed by atoms with van der Waals surface area (Å²) < 4.78 is 7.13. The Bertz CT molecular complexity index is 1500. The van der Waals surface area contributed by atoms with Crippen molar-refractivity contribution in [3.63, 3.8) is 0 Å². The zero-order valence-electron chi connectivity index (χ0n) is 24.2. The summed E-state index contributed by atoms with van der Waals surface area (Å²) in [7, 11) is 1.62. The largest absolute Gasteiger partial charge is 0.383 e. The maximum absolute atomic E-state index is 13.6. The number of Topliss-reactive ketones (excluding diaryl/α,β-unsaturated/α-hetero) is 1. The third kappa shape index (κ3) is 6.33. The van der Waals surface area contributed by atoms with Gasteiger partial charge in [0.25, 0.3) is 11.7 Å². The molecule has 4 aromatic rings. The molecular weight excluding hydrogens is 514 g/mol. The number of ether oxygens (including phenoxy) is 1. The summed E-state index contributed by atoms with van der Waals surface area (Å²) in [6, 6.07) is 23.5. The Kier molecular flexibility index (Phi) is 8.50. The van der Waals surface area contributed by atoms with E-state index < -0.39 is 11.7 Å². The highest BCUT2D eigenvalue weighted by Crippen LogP contribution is 2.29. The van der Waals surface area contributed by atoms with E-state index in [9.17, 15) is 9.59 Å². The first-order valence-electron chi connectivity index (χ1n) is 14.0. The lowest BCUT2D eigenvalue weighted by molar-refractivity contribution is -0.112. The van der Waals surface area contributed by atoms with Crippen LogP contribution in [0.2, 0.25) is 0 Å². The number of hydrogen-bond donors (Lipinski definition) is 1. The molecule has 0 unspecified atom stereocenters. The van der Waals surface area contributed by atoms with Crippen molar-refractivity contribution in [1.29, 1.82) is 0 Å². The minimum absolute atomic E-state index is 0.371. The highest BCUT2D eigenvalue weighted by molar-refractivity contribution is 6.47. The van der Waals surface area contributed by atoms with Crippen molar-refractivity contribution < 1.29 is 14.3 Å². The number of anilines is 3. The first-order valence-corrected chi connectivity index (χ1v) is 14.0. The lowest BCUT2D eigenvalue weighted by Crippen LogP contribution is -2.46. The molecule has 5 rings (SSSR count). The van der Waals surface area contributed by atoms with Gasteiger partial charge in [0, 0.05) is 68.2 Å². The van der Waals surface area contributed by atoms with Gasteiger partial charge in [0.15, 0.2) is 0 Å². The van der Waals surface area contributed by atoms with Crippen molar-refractivity contribution in [2.75, 3.05) is 55.0 Å². The Morgan fingerprint density at radius 2 is 1.56 bits per heavy atom. The average molecular weight is 552 g/mol. The normalized spacial score (nSPS) is 13.4. The molecule has 0 bridgehead atoms. The van der Waals surface area contributed by atoms with Crippen LogP contribution in [0, 0.1) is 20.8 Å². The number of amides is 1. The van der Waals surface area contributed by atoms with Gasteiger partial charge in [-0.1, -0.05) is 30.3 Å². The van der Waals surface area contributed by atoms with Crippen molar-refractivity contribution >= 4 is 28.9 Å². The number of aryl methyl sites for hydroxylation is 3. The summed E-state index contributed by atoms with van der Waals surface area (Å²) in [6.45, 7) is 10.5. The van der Waals surface area contributed by atoms with Crippen molar-refractivity contribution in [2.24, 2.45) is 0 Å². The minimum Gasteiger partial charge on any atom is -0.383 e. The Morgan fingerprint density at radius 3 is 2.22 bits per heavy atom. The summed E-state index contributed by atoms with van der Waals surface area (Å²) in [5, 5.41) is 2.81. The van der Waals surface area contributed by atoms with Crippen molar-refractivity contribution in [3.05, 3.63) is 95.4 Å². The van der Waals surface area contributed by atoms with Crippen molar-refractivity contribution in [1.82, 2.24) is 9.55 Å². The number of piperazine rings is 1. The van der Waals surface area contributed by atoms with Gasteiger partial charge in [-0.2, -0.15) is 0 Å². The first-order chi connectivity index (χ1) is 19.8. The van der Waals surface area contributed by atoms with Gasteiger partial charge >= 0.3 is 0 Å². The zero-order chi connectivity index (χ0) is 28.9. The molecule has 3 heterocycles. The smallest absolute Gasteiger partial charge is 0.298 e. The molecule has 8 nitrogen and oxygen atoms in total. The summed E-state index contributed by atoms with van der Waals surface area (Å²) in [6.07, 6.45) is 0. The SMILES string of the molecule is COCCn1c(C)cc(-c2ccccc2)c1C(=O)C(=O)Nc1ccc(N2CCN(c3cc(C)cc(C)n3)CC2)cc1. The van der Waals surface area contributed by atoms with E-state index in [0.29, 0.717) is 24.5 Å². The summed E-state index contributed by atoms with van der Waals surface area (Å²) in [4.78, 5) is 36.1. The second-order valence-electron chi connectivity index (χ2n) is 10.5. The highest BCUT2D eigenvalue weighted by atomic mass is 16.5. The molecule has 0 spiro atoms. The van der Waals surface area contributed by atoms with Crippen molar-refractivity contribution in [2.45, 2.75) is 27.3 Å². The van der Waals surface area contributed by atoms with Crippen LogP contribution in [0.4, 0.5) is 17.2 Å². The van der Waals surface area contributed by atoms with Gasteiger partial charge < -0.3 is 24.4 Å². The number of nitrogens with zero attached hydrogens (tertiary/aromatic N) is 4. The molecule has 1 amide bonds. The number of pyridine rings is 1. The van der Waals surface area contributed by atoms with Crippen LogP contribution in [0.3, 0.4) is 0 Å². The van der Waals surface area contributed by atoms with Gasteiger partial charge in [0.1, 0.15) is 11.5 Å². The second-order valence-corrected chi connectivity index (χ2v) is 10.5. The van der Waals surface area contributed by atoms with Gasteiger partial charge in [-0.05, 0) is 74.4 Å². The molecule has 1 N–H and O–H groups in total. The predicted molar refractivity (Wildman–Crippen MR) is 164 cm³/mol. The molecule has 0 radical (unpaired) electrons. The molecule has 1 fully saturated rings. The van der Waals surface area contributed by atoms with E-state index in [1.54, 1.807) is 7.11 Å². The van der Waals surface area contributed by atoms with Crippen LogP contribution in [-0.2, 0) is 16.1 Å². The number of benzene rings is 2. The monoisotopic (exact) mass is 551 g/mol. The molecule has 41 heavy (non-hydrogen) atoms. The van der Waals surface area contributed by atoms with Crippen LogP contribution in [0.25, 0.3) is 11.1 Å². The maximum Gasteiger partial charge on any atom is 0.298 e. The van der Waals surface area contributed by atoms with Crippen LogP contribution in [0.15, 0.2) is 72.8 Å². The van der Waals surface area contributed by atoms with E-state index in [4.69, 9.17) is 9.72 Å². The fourth-order valence-corrected chi connectivity index (χ4v) is 5.46. The van der Waals surface area contributed by atoms with Crippen LogP contribution >= 0.6 is 0 Å². The number of carbonyl (C=O) groups excluding carboxylic acids is 2. The first kappa shape index (κ1) is 28.1. The number of aromatic nitrogens is 2. The second kappa shape index (κ2) is 12.4. The molecule has 0 aliphatic carbocycles. The zero-order valence-corrected chi connectivity index (χ0v) is 24.2. The van der Waals surface area contributed by atoms with Crippen molar-refractivity contribution in [3.8, 4) is 11.1 Å². The molecule has 0 atom stereocenters. The molecule has 2 aromatic heterocycles. The molecule has 212 valence electrons. The van der Waals surface area contributed by atoms with Crippen LogP contribution in [0.5, 0.6) is 0 Å². The van der Waals surface area contributed by atoms with E-state index in [0.717, 1.165) is 60.2 Å². The molecule has 1 saturated heterocycles. The van der Waals surface area contributed by atoms with Gasteiger partial charge in [0.05, 0.1) is 6.61 Å². The van der Waals surface area contributed by atoms with Gasteiger partial charge in [0.2, 0.25) is 0 Å². The Labute approximate surface area is 241 Å². The fraction of sp³-hybridized carbons (Fsp3) is 0.303. The Balaban J connectivity index is 1.27. The molecular formula is C33H37N5O3. The number of hydrogen-bond acceptors (Lipinski definition) is 6. The quantitative estimate of drug-likeness (QED) is 0.226. The number of methoxy groups -OCH3 is 1. The standard InChI is InChI=1S/C33H37N5O3/c1-23-20-24(2)34-30(21-23)37-16-14-36(15-17-37)28-12-10-27(11-13-28)35-33(40)32(39)31-29(26-8-6-5-7-9-26)22-25(3)38(31)18-19-41-4/h5-13,20-22H,14-19H2,1-4H3,(H,35,40). The summed E-state index contributed by atoms with van der Waals surface area (Å²) in [5.41, 5.74) is 6.82. The van der Waals surface area contributed by atoms with E-state index in [-0.39, 0.29) is 0 Å². The van der Waals surface area contributed by atoms with Gasteiger partial charge in [-0.3, -0.25) is 9.59 Å². The number of carbonyl (C=O) groups is 2. The lowest BCUT2D eigenvalue weighted by atomic mass is 10.0. The fourth-order valence-electron chi connectivity index (χ4n) is 5.46. The highest BCUT2D eigenvalue weighted by Gasteiger charge is 2.26. The minimum atomic E-state index is -0.665. The topological polar surface area (TPSA) is 79.7 Å². The van der Waals surface area contributed by atoms with Gasteiger partial charge in [-0.25, -0.2) is 4.98 Å². The Morgan fingerprint density at radius 1 is 0.878 bits per heavy atom. The predicted octanol–water partition coefficient (Wildman–Crippen LogP) is 5.27. The molecule has 2 aromatic carbocycles. The van der Waals surface area contributed by atoms with E-state index in [1.165, 1.54) is 5.56 Å². The van der Waals surface area contributed by atoms with Crippen LogP contribution in [0.1, 0.15) is 27.4 Å². The summed E-state index contributed by atoms with van der Waals surface area (Å²) in [5.74, 6) is -0.210. The number of nitrogens with one attached hydrogen (secondary N) is 1. The lowest BCUT2D eigenvalue weighted by Gasteiger charge is -2.37. The maximum atomic E-state index is 13.6.